The van der Waals surface area contributed by atoms with E-state index in [1.807, 2.05) is 28.4 Å². The summed E-state index contributed by atoms with van der Waals surface area (Å²) >= 11 is 0. The number of rotatable bonds is 12. The second kappa shape index (κ2) is 10.4. The maximum absolute atomic E-state index is 6.14. The third-order valence-corrected chi connectivity index (χ3v) is 16.0. The molecule has 5 rings (SSSR count). The van der Waals surface area contributed by atoms with Crippen molar-refractivity contribution in [2.24, 2.45) is 11.8 Å². The number of fused-ring (bicyclic) bond motifs is 2. The zero-order chi connectivity index (χ0) is 23.8. The Bertz CT molecular complexity index is 745. The van der Waals surface area contributed by atoms with Crippen LogP contribution in [0.25, 0.3) is 0 Å². The molecule has 0 amide bonds. The van der Waals surface area contributed by atoms with Gasteiger partial charge in [0.1, 0.15) is 0 Å². The lowest BCUT2D eigenvalue weighted by molar-refractivity contribution is 0.248. The minimum Gasteiger partial charge on any atom is -0.394 e. The standard InChI is InChI=1S/C26H42O6Si2/c1-27-33(28-2,15-13-19-5-11-23-25(17-19)31-23)21-7-9-22(10-8-21)34(29-3,30-4)16-14-20-6-12-24-26(18-20)32-24/h7-10,19-20,23-26H,5-6,11-18H2,1-4H3. The minimum atomic E-state index is -2.48. The van der Waals surface area contributed by atoms with Gasteiger partial charge in [-0.15, -0.1) is 0 Å². The molecule has 6 nitrogen and oxygen atoms in total. The van der Waals surface area contributed by atoms with E-state index in [-0.39, 0.29) is 0 Å². The molecule has 4 aliphatic rings. The van der Waals surface area contributed by atoms with E-state index in [0.717, 1.165) is 36.8 Å². The maximum atomic E-state index is 6.14. The maximum Gasteiger partial charge on any atom is 0.372 e. The van der Waals surface area contributed by atoms with E-state index < -0.39 is 17.1 Å². The van der Waals surface area contributed by atoms with Crippen LogP contribution < -0.4 is 10.4 Å². The highest BCUT2D eigenvalue weighted by Crippen LogP contribution is 2.42. The van der Waals surface area contributed by atoms with Gasteiger partial charge in [-0.25, -0.2) is 0 Å². The summed E-state index contributed by atoms with van der Waals surface area (Å²) < 4.78 is 36.0. The van der Waals surface area contributed by atoms with E-state index in [1.54, 1.807) is 0 Å². The van der Waals surface area contributed by atoms with Crippen molar-refractivity contribution in [3.8, 4) is 0 Å². The number of hydrogen-bond acceptors (Lipinski definition) is 6. The predicted molar refractivity (Wildman–Crippen MR) is 136 cm³/mol. The van der Waals surface area contributed by atoms with Gasteiger partial charge in [-0.1, -0.05) is 24.3 Å². The molecule has 0 radical (unpaired) electrons. The smallest absolute Gasteiger partial charge is 0.372 e. The van der Waals surface area contributed by atoms with Crippen LogP contribution in [-0.4, -0.2) is 70.0 Å². The van der Waals surface area contributed by atoms with Crippen molar-refractivity contribution in [2.45, 2.75) is 87.9 Å². The molecule has 2 saturated carbocycles. The summed E-state index contributed by atoms with van der Waals surface area (Å²) in [5.41, 5.74) is 0. The zero-order valence-electron chi connectivity index (χ0n) is 21.3. The van der Waals surface area contributed by atoms with Crippen LogP contribution in [0, 0.1) is 11.8 Å². The first-order valence-corrected chi connectivity index (χ1v) is 17.2. The van der Waals surface area contributed by atoms with Gasteiger partial charge in [-0.05, 0) is 85.7 Å². The Balaban J connectivity index is 1.24. The lowest BCUT2D eigenvalue weighted by Gasteiger charge is -2.32. The monoisotopic (exact) mass is 506 g/mol. The van der Waals surface area contributed by atoms with E-state index in [0.29, 0.717) is 24.4 Å². The van der Waals surface area contributed by atoms with E-state index in [9.17, 15) is 0 Å². The van der Waals surface area contributed by atoms with Crippen molar-refractivity contribution in [1.82, 2.24) is 0 Å². The van der Waals surface area contributed by atoms with Crippen LogP contribution in [-0.2, 0) is 27.2 Å². The lowest BCUT2D eigenvalue weighted by Crippen LogP contribution is -2.55. The highest BCUT2D eigenvalue weighted by molar-refractivity contribution is 6.82. The number of epoxide rings is 2. The molecule has 2 aliphatic carbocycles. The van der Waals surface area contributed by atoms with Crippen LogP contribution in [0.4, 0.5) is 0 Å². The summed E-state index contributed by atoms with van der Waals surface area (Å²) in [5.74, 6) is 1.44. The first-order valence-electron chi connectivity index (χ1n) is 13.2. The van der Waals surface area contributed by atoms with Gasteiger partial charge >= 0.3 is 17.1 Å². The fraction of sp³-hybridized carbons (Fsp3) is 0.769. The topological polar surface area (TPSA) is 62.0 Å². The third-order valence-electron chi connectivity index (χ3n) is 9.07. The highest BCUT2D eigenvalue weighted by atomic mass is 28.4. The summed E-state index contributed by atoms with van der Waals surface area (Å²) in [6.45, 7) is 0. The molecule has 1 aromatic rings. The quantitative estimate of drug-likeness (QED) is 0.320. The molecule has 6 unspecified atom stereocenters. The summed E-state index contributed by atoms with van der Waals surface area (Å²) in [5, 5.41) is 2.38. The second-order valence-corrected chi connectivity index (χ2v) is 17.6. The Kier molecular flexibility index (Phi) is 7.68. The van der Waals surface area contributed by atoms with Crippen LogP contribution in [0.5, 0.6) is 0 Å². The van der Waals surface area contributed by atoms with Gasteiger partial charge in [-0.3, -0.25) is 0 Å². The first kappa shape index (κ1) is 25.1. The summed E-state index contributed by atoms with van der Waals surface area (Å²) in [7, 11) is 2.28. The van der Waals surface area contributed by atoms with E-state index in [2.05, 4.69) is 24.3 Å². The van der Waals surface area contributed by atoms with Gasteiger partial charge in [-0.2, -0.15) is 0 Å². The Morgan fingerprint density at radius 3 is 1.32 bits per heavy atom. The third kappa shape index (κ3) is 5.11. The predicted octanol–water partition coefficient (Wildman–Crippen LogP) is 3.49. The molecule has 0 aromatic heterocycles. The van der Waals surface area contributed by atoms with Gasteiger partial charge in [0.25, 0.3) is 0 Å². The van der Waals surface area contributed by atoms with Crippen molar-refractivity contribution in [3.05, 3.63) is 24.3 Å². The molecule has 34 heavy (non-hydrogen) atoms. The molecule has 190 valence electrons. The summed E-state index contributed by atoms with van der Waals surface area (Å²) in [4.78, 5) is 0. The molecule has 6 atom stereocenters. The molecule has 8 heteroatoms. The minimum absolute atomic E-state index is 0.521. The Hall–Kier alpha value is -0.586. The highest BCUT2D eigenvalue weighted by Gasteiger charge is 2.47. The first-order chi connectivity index (χ1) is 16.5. The number of ether oxygens (including phenoxy) is 2. The average molecular weight is 507 g/mol. The molecule has 2 heterocycles. The number of hydrogen-bond donors (Lipinski definition) is 0. The Morgan fingerprint density at radius 1 is 0.618 bits per heavy atom. The van der Waals surface area contributed by atoms with Crippen LogP contribution in [0.1, 0.15) is 51.4 Å². The molecular formula is C26H42O6Si2. The van der Waals surface area contributed by atoms with Crippen LogP contribution in [0.2, 0.25) is 12.1 Å². The molecule has 2 saturated heterocycles. The van der Waals surface area contributed by atoms with E-state index >= 15 is 0 Å². The van der Waals surface area contributed by atoms with E-state index in [4.69, 9.17) is 27.2 Å². The van der Waals surface area contributed by atoms with Crippen LogP contribution in [0.15, 0.2) is 24.3 Å². The van der Waals surface area contributed by atoms with Crippen molar-refractivity contribution in [3.63, 3.8) is 0 Å². The molecule has 0 bridgehead atoms. The van der Waals surface area contributed by atoms with E-state index in [1.165, 1.54) is 48.9 Å². The normalized spacial score (nSPS) is 32.7. The zero-order valence-corrected chi connectivity index (χ0v) is 23.3. The summed E-state index contributed by atoms with van der Waals surface area (Å²) in [6, 6.07) is 10.8. The molecule has 0 N–H and O–H groups in total. The van der Waals surface area contributed by atoms with Gasteiger partial charge < -0.3 is 27.2 Å². The van der Waals surface area contributed by atoms with Crippen LogP contribution in [0.3, 0.4) is 0 Å². The Morgan fingerprint density at radius 2 is 1.00 bits per heavy atom. The molecule has 4 fully saturated rings. The van der Waals surface area contributed by atoms with Crippen molar-refractivity contribution in [2.75, 3.05) is 28.4 Å². The van der Waals surface area contributed by atoms with Crippen molar-refractivity contribution in [1.29, 1.82) is 0 Å². The molecule has 0 spiro atoms. The molecule has 2 aliphatic heterocycles. The lowest BCUT2D eigenvalue weighted by atomic mass is 9.88. The largest absolute Gasteiger partial charge is 0.394 e. The Labute approximate surface area is 207 Å². The van der Waals surface area contributed by atoms with Gasteiger partial charge in [0.05, 0.1) is 24.4 Å². The SMILES string of the molecule is CO[Si](CCC1CCC2OC2C1)(OC)c1ccc([Si](CCC2CCC3OC3C2)(OC)OC)cc1. The second-order valence-electron chi connectivity index (χ2n) is 10.8. The molecular weight excluding hydrogens is 464 g/mol. The summed E-state index contributed by atoms with van der Waals surface area (Å²) in [6.07, 6.45) is 11.8. The van der Waals surface area contributed by atoms with Crippen molar-refractivity contribution >= 4 is 27.5 Å². The molecule has 1 aromatic carbocycles. The van der Waals surface area contributed by atoms with Gasteiger partial charge in [0, 0.05) is 28.4 Å². The van der Waals surface area contributed by atoms with Gasteiger partial charge in [0.15, 0.2) is 0 Å². The van der Waals surface area contributed by atoms with Gasteiger partial charge in [0.2, 0.25) is 0 Å². The number of benzene rings is 1. The van der Waals surface area contributed by atoms with Crippen LogP contribution >= 0.6 is 0 Å². The fourth-order valence-corrected chi connectivity index (χ4v) is 12.2. The average Bonchev–Trinajstić information content (AvgIpc) is 3.81. The fourth-order valence-electron chi connectivity index (χ4n) is 6.60. The van der Waals surface area contributed by atoms with Crippen molar-refractivity contribution < 1.29 is 27.2 Å².